The fraction of sp³-hybridized carbons (Fsp3) is 0.732. The average molecular weight is 912 g/mol. The van der Waals surface area contributed by atoms with E-state index in [1.165, 1.54) is 116 Å². The third-order valence-electron chi connectivity index (χ3n) is 10.9. The molecule has 0 saturated carbocycles. The van der Waals surface area contributed by atoms with Crippen LogP contribution in [0.2, 0.25) is 0 Å². The molecule has 0 amide bonds. The summed E-state index contributed by atoms with van der Waals surface area (Å²) >= 11 is 0. The quantitative estimate of drug-likeness (QED) is 0.0195. The van der Waals surface area contributed by atoms with E-state index in [0.717, 1.165) is 51.4 Å². The minimum absolute atomic E-state index is 0.134. The summed E-state index contributed by atoms with van der Waals surface area (Å²) in [6.45, 7) is 4.56. The van der Waals surface area contributed by atoms with Gasteiger partial charge in [-0.2, -0.15) is 0 Å². The number of hydrogen-bond donors (Lipinski definition) is 0. The molecule has 65 heavy (non-hydrogen) atoms. The summed E-state index contributed by atoms with van der Waals surface area (Å²) in [5.41, 5.74) is 0. The van der Waals surface area contributed by atoms with Crippen molar-refractivity contribution >= 4 is 17.9 Å². The molecule has 2 atom stereocenters. The highest BCUT2D eigenvalue weighted by atomic mass is 16.7. The van der Waals surface area contributed by atoms with Gasteiger partial charge < -0.3 is 33.3 Å². The third-order valence-corrected chi connectivity index (χ3v) is 10.9. The zero-order valence-corrected chi connectivity index (χ0v) is 42.3. The second kappa shape index (κ2) is 47.2. The van der Waals surface area contributed by atoms with Crippen LogP contribution in [0.4, 0.5) is 0 Å². The molecule has 2 unspecified atom stereocenters. The molecule has 0 N–H and O–H groups in total. The zero-order valence-electron chi connectivity index (χ0n) is 42.3. The van der Waals surface area contributed by atoms with E-state index in [9.17, 15) is 19.5 Å². The molecule has 0 aromatic heterocycles. The molecule has 0 radical (unpaired) electrons. The first-order valence-corrected chi connectivity index (χ1v) is 26.1. The number of carboxylic acid groups (broad SMARTS) is 1. The summed E-state index contributed by atoms with van der Waals surface area (Å²) in [4.78, 5) is 37.1. The monoisotopic (exact) mass is 912 g/mol. The summed E-state index contributed by atoms with van der Waals surface area (Å²) in [6, 6.07) is 0. The standard InChI is InChI=1S/C56H97NO8/c1-6-8-10-12-14-16-18-20-22-24-25-26-27-28-29-31-32-34-36-38-40-42-44-46-53(58)63-50-52(51-64-56(55(60)61)62-49-48-57(3,4)5)65-54(59)47-45-43-41-39-37-35-33-30-23-21-19-17-15-13-11-9-7-2/h9,11,15,17,21,23-25,33,35,39,41,52,56H,6-8,10,12-14,16,18-20,22,26-32,34,36-38,40,42-51H2,1-5H3/b11-9-,17-15-,23-21-,25-24-,35-33-,41-39-. The molecule has 9 nitrogen and oxygen atoms in total. The number of carbonyl (C=O) groups is 3. The maximum Gasteiger partial charge on any atom is 0.306 e. The van der Waals surface area contributed by atoms with Crippen LogP contribution in [-0.4, -0.2) is 82.3 Å². The molecule has 0 aliphatic rings. The second-order valence-electron chi connectivity index (χ2n) is 18.4. The van der Waals surface area contributed by atoms with Gasteiger partial charge in [0.15, 0.2) is 12.4 Å². The normalized spacial score (nSPS) is 13.4. The van der Waals surface area contributed by atoms with Gasteiger partial charge in [-0.1, -0.05) is 189 Å². The molecule has 0 saturated heterocycles. The maximum atomic E-state index is 12.8. The number of hydrogen-bond acceptors (Lipinski definition) is 8. The molecule has 0 aliphatic carbocycles. The van der Waals surface area contributed by atoms with Gasteiger partial charge in [0.05, 0.1) is 40.3 Å². The van der Waals surface area contributed by atoms with Crippen LogP contribution in [0.15, 0.2) is 72.9 Å². The highest BCUT2D eigenvalue weighted by molar-refractivity contribution is 5.70. The van der Waals surface area contributed by atoms with Crippen LogP contribution in [0, 0.1) is 0 Å². The van der Waals surface area contributed by atoms with Crippen molar-refractivity contribution in [2.45, 2.75) is 219 Å². The molecule has 0 spiro atoms. The highest BCUT2D eigenvalue weighted by Crippen LogP contribution is 2.15. The number of ether oxygens (including phenoxy) is 4. The number of nitrogens with zero attached hydrogens (tertiary/aromatic N) is 1. The van der Waals surface area contributed by atoms with Crippen LogP contribution >= 0.6 is 0 Å². The molecule has 9 heteroatoms. The average Bonchev–Trinajstić information content (AvgIpc) is 3.27. The van der Waals surface area contributed by atoms with Gasteiger partial charge in [0.25, 0.3) is 0 Å². The summed E-state index contributed by atoms with van der Waals surface area (Å²) in [5.74, 6) is -2.37. The molecule has 0 fully saturated rings. The van der Waals surface area contributed by atoms with Gasteiger partial charge in [-0.3, -0.25) is 9.59 Å². The molecule has 0 aliphatic heterocycles. The highest BCUT2D eigenvalue weighted by Gasteiger charge is 2.21. The Hall–Kier alpha value is -3.27. The Bertz CT molecular complexity index is 1290. The third kappa shape index (κ3) is 48.5. The number of carbonyl (C=O) groups excluding carboxylic acids is 3. The number of rotatable bonds is 47. The van der Waals surface area contributed by atoms with E-state index in [4.69, 9.17) is 18.9 Å². The Morgan fingerprint density at radius 3 is 1.37 bits per heavy atom. The van der Waals surface area contributed by atoms with Crippen molar-refractivity contribution in [3.8, 4) is 0 Å². The van der Waals surface area contributed by atoms with Gasteiger partial charge in [0, 0.05) is 12.8 Å². The molecule has 0 aromatic rings. The van der Waals surface area contributed by atoms with Crippen molar-refractivity contribution in [2.24, 2.45) is 0 Å². The Kier molecular flexibility index (Phi) is 44.9. The lowest BCUT2D eigenvalue weighted by molar-refractivity contribution is -0.870. The SMILES string of the molecule is CC/C=C\C/C=C\C/C=C\C/C=C\C/C=C\CCCC(=O)OC(COC(=O)CCCCCCCCCCCCC/C=C\CCCCCCCCCC)COC(OCC[N+](C)(C)C)C(=O)[O-]. The van der Waals surface area contributed by atoms with Crippen molar-refractivity contribution < 1.29 is 42.9 Å². The van der Waals surface area contributed by atoms with Crippen LogP contribution in [0.3, 0.4) is 0 Å². The fourth-order valence-electron chi connectivity index (χ4n) is 6.92. The summed E-state index contributed by atoms with van der Waals surface area (Å²) < 4.78 is 22.6. The minimum Gasteiger partial charge on any atom is -0.545 e. The molecular formula is C56H97NO8. The van der Waals surface area contributed by atoms with Gasteiger partial charge in [-0.15, -0.1) is 0 Å². The summed E-state index contributed by atoms with van der Waals surface area (Å²) in [6.07, 6.45) is 56.7. The van der Waals surface area contributed by atoms with Gasteiger partial charge >= 0.3 is 11.9 Å². The van der Waals surface area contributed by atoms with E-state index in [1.54, 1.807) is 0 Å². The number of quaternary nitrogens is 1. The van der Waals surface area contributed by atoms with Crippen molar-refractivity contribution in [3.63, 3.8) is 0 Å². The zero-order chi connectivity index (χ0) is 47.7. The van der Waals surface area contributed by atoms with Crippen LogP contribution < -0.4 is 5.11 Å². The van der Waals surface area contributed by atoms with Crippen molar-refractivity contribution in [2.75, 3.05) is 47.5 Å². The van der Waals surface area contributed by atoms with Crippen LogP contribution in [0.1, 0.15) is 206 Å². The minimum atomic E-state index is -1.64. The predicted molar refractivity (Wildman–Crippen MR) is 269 cm³/mol. The molecule has 0 rings (SSSR count). The largest absolute Gasteiger partial charge is 0.545 e. The smallest absolute Gasteiger partial charge is 0.306 e. The number of allylic oxidation sites excluding steroid dienone is 12. The first kappa shape index (κ1) is 61.7. The first-order valence-electron chi connectivity index (χ1n) is 26.1. The van der Waals surface area contributed by atoms with E-state index in [2.05, 4.69) is 80.7 Å². The molecular weight excluding hydrogens is 815 g/mol. The first-order chi connectivity index (χ1) is 31.6. The lowest BCUT2D eigenvalue weighted by Gasteiger charge is -2.26. The van der Waals surface area contributed by atoms with Crippen LogP contribution in [-0.2, 0) is 33.3 Å². The Labute approximate surface area is 398 Å². The predicted octanol–water partition coefficient (Wildman–Crippen LogP) is 13.3. The van der Waals surface area contributed by atoms with Crippen LogP contribution in [0.5, 0.6) is 0 Å². The topological polar surface area (TPSA) is 111 Å². The van der Waals surface area contributed by atoms with Crippen molar-refractivity contribution in [1.82, 2.24) is 0 Å². The van der Waals surface area contributed by atoms with Gasteiger partial charge in [-0.05, 0) is 77.0 Å². The molecule has 0 heterocycles. The molecule has 374 valence electrons. The van der Waals surface area contributed by atoms with Crippen molar-refractivity contribution in [1.29, 1.82) is 0 Å². The second-order valence-corrected chi connectivity index (χ2v) is 18.4. The van der Waals surface area contributed by atoms with E-state index in [0.29, 0.717) is 23.9 Å². The van der Waals surface area contributed by atoms with Gasteiger partial charge in [0.1, 0.15) is 13.2 Å². The summed E-state index contributed by atoms with van der Waals surface area (Å²) in [7, 11) is 5.89. The lowest BCUT2D eigenvalue weighted by atomic mass is 10.0. The van der Waals surface area contributed by atoms with Crippen molar-refractivity contribution in [3.05, 3.63) is 72.9 Å². The Morgan fingerprint density at radius 2 is 0.892 bits per heavy atom. The van der Waals surface area contributed by atoms with E-state index in [1.807, 2.05) is 27.2 Å². The van der Waals surface area contributed by atoms with E-state index >= 15 is 0 Å². The van der Waals surface area contributed by atoms with Gasteiger partial charge in [-0.25, -0.2) is 0 Å². The van der Waals surface area contributed by atoms with E-state index in [-0.39, 0.29) is 38.6 Å². The van der Waals surface area contributed by atoms with Crippen LogP contribution in [0.25, 0.3) is 0 Å². The number of esters is 2. The lowest BCUT2D eigenvalue weighted by Crippen LogP contribution is -2.44. The number of likely N-dealkylation sites (N-methyl/N-ethyl adjacent to an activating group) is 1. The fourth-order valence-corrected chi connectivity index (χ4v) is 6.92. The van der Waals surface area contributed by atoms with Gasteiger partial charge in [0.2, 0.25) is 0 Å². The molecule has 0 bridgehead atoms. The Morgan fingerprint density at radius 1 is 0.477 bits per heavy atom. The number of unbranched alkanes of at least 4 members (excludes halogenated alkanes) is 20. The Balaban J connectivity index is 4.37. The molecule has 0 aromatic carbocycles. The number of carboxylic acids is 1. The maximum absolute atomic E-state index is 12.8. The number of aliphatic carboxylic acids is 1. The van der Waals surface area contributed by atoms with E-state index < -0.39 is 24.3 Å². The summed E-state index contributed by atoms with van der Waals surface area (Å²) in [5, 5.41) is 11.7.